The van der Waals surface area contributed by atoms with Crippen molar-refractivity contribution in [2.45, 2.75) is 50.8 Å². The molecule has 1 aliphatic carbocycles. The molecule has 1 aromatic carbocycles. The molecule has 3 heteroatoms. The van der Waals surface area contributed by atoms with Crippen molar-refractivity contribution in [3.05, 3.63) is 35.9 Å². The van der Waals surface area contributed by atoms with Gasteiger partial charge in [-0.05, 0) is 37.8 Å². The van der Waals surface area contributed by atoms with Crippen LogP contribution in [-0.2, 0) is 6.54 Å². The highest BCUT2D eigenvalue weighted by molar-refractivity contribution is 5.14. The maximum absolute atomic E-state index is 10.2. The van der Waals surface area contributed by atoms with Gasteiger partial charge in [0.2, 0.25) is 0 Å². The Morgan fingerprint density at radius 2 is 1.89 bits per heavy atom. The summed E-state index contributed by atoms with van der Waals surface area (Å²) >= 11 is 0. The maximum atomic E-state index is 10.2. The van der Waals surface area contributed by atoms with E-state index in [2.05, 4.69) is 42.2 Å². The largest absolute Gasteiger partial charge is 0.389 e. The van der Waals surface area contributed by atoms with Gasteiger partial charge in [-0.25, -0.2) is 0 Å². The van der Waals surface area contributed by atoms with Crippen LogP contribution in [0.2, 0.25) is 0 Å². The Bertz CT molecular complexity index is 372. The van der Waals surface area contributed by atoms with Gasteiger partial charge in [-0.15, -0.1) is 0 Å². The molecule has 0 bridgehead atoms. The molecule has 0 aromatic heterocycles. The molecule has 0 aliphatic heterocycles. The van der Waals surface area contributed by atoms with Gasteiger partial charge in [0, 0.05) is 19.1 Å². The molecule has 1 aromatic rings. The molecular weight excluding hydrogens is 236 g/mol. The first-order valence-corrected chi connectivity index (χ1v) is 7.37. The third-order valence-corrected chi connectivity index (χ3v) is 4.42. The average Bonchev–Trinajstić information content (AvgIpc) is 2.47. The second-order valence-corrected chi connectivity index (χ2v) is 5.71. The normalized spacial score (nSPS) is 27.7. The monoisotopic (exact) mass is 262 g/mol. The zero-order chi connectivity index (χ0) is 13.7. The maximum Gasteiger partial charge on any atom is 0.0770 e. The highest BCUT2D eigenvalue weighted by Crippen LogP contribution is 2.30. The Balaban J connectivity index is 1.93. The molecule has 3 N–H and O–H groups in total. The number of nitrogens with two attached hydrogens (primary N) is 1. The molecule has 0 unspecified atom stereocenters. The quantitative estimate of drug-likeness (QED) is 0.855. The SMILES string of the molecule is CCN(Cc1ccccc1)C1CCC(O)(CN)CC1. The Morgan fingerprint density at radius 1 is 1.26 bits per heavy atom. The first-order chi connectivity index (χ1) is 9.17. The minimum atomic E-state index is -0.608. The molecule has 1 fully saturated rings. The van der Waals surface area contributed by atoms with Crippen molar-refractivity contribution in [3.63, 3.8) is 0 Å². The van der Waals surface area contributed by atoms with Crippen LogP contribution in [0.15, 0.2) is 30.3 Å². The smallest absolute Gasteiger partial charge is 0.0770 e. The average molecular weight is 262 g/mol. The summed E-state index contributed by atoms with van der Waals surface area (Å²) < 4.78 is 0. The summed E-state index contributed by atoms with van der Waals surface area (Å²) in [7, 11) is 0. The molecule has 19 heavy (non-hydrogen) atoms. The predicted molar refractivity (Wildman–Crippen MR) is 78.8 cm³/mol. The van der Waals surface area contributed by atoms with E-state index >= 15 is 0 Å². The topological polar surface area (TPSA) is 49.5 Å². The van der Waals surface area contributed by atoms with Gasteiger partial charge in [0.1, 0.15) is 0 Å². The molecule has 0 atom stereocenters. The van der Waals surface area contributed by atoms with Crippen LogP contribution in [0.4, 0.5) is 0 Å². The van der Waals surface area contributed by atoms with Crippen LogP contribution in [0, 0.1) is 0 Å². The lowest BCUT2D eigenvalue weighted by molar-refractivity contribution is -0.0136. The standard InChI is InChI=1S/C16H26N2O/c1-2-18(12-14-6-4-3-5-7-14)15-8-10-16(19,13-17)11-9-15/h3-7,15,19H,2,8-13,17H2,1H3. The van der Waals surface area contributed by atoms with Crippen molar-refractivity contribution < 1.29 is 5.11 Å². The summed E-state index contributed by atoms with van der Waals surface area (Å²) in [4.78, 5) is 2.52. The summed E-state index contributed by atoms with van der Waals surface area (Å²) in [6.45, 7) is 4.67. The molecule has 106 valence electrons. The lowest BCUT2D eigenvalue weighted by Gasteiger charge is -2.40. The molecular formula is C16H26N2O. The van der Waals surface area contributed by atoms with Crippen LogP contribution in [0.1, 0.15) is 38.2 Å². The van der Waals surface area contributed by atoms with E-state index in [1.807, 2.05) is 0 Å². The van der Waals surface area contributed by atoms with Gasteiger partial charge in [0.25, 0.3) is 0 Å². The zero-order valence-electron chi connectivity index (χ0n) is 11.9. The van der Waals surface area contributed by atoms with Crippen LogP contribution in [0.25, 0.3) is 0 Å². The third kappa shape index (κ3) is 3.78. The van der Waals surface area contributed by atoms with Gasteiger partial charge in [-0.1, -0.05) is 37.3 Å². The van der Waals surface area contributed by atoms with E-state index in [1.54, 1.807) is 0 Å². The van der Waals surface area contributed by atoms with E-state index in [0.717, 1.165) is 38.8 Å². The van der Waals surface area contributed by atoms with Gasteiger partial charge in [0.05, 0.1) is 5.60 Å². The van der Waals surface area contributed by atoms with Gasteiger partial charge in [-0.2, -0.15) is 0 Å². The Kier molecular flexibility index (Phi) is 4.97. The Morgan fingerprint density at radius 3 is 2.42 bits per heavy atom. The van der Waals surface area contributed by atoms with E-state index in [1.165, 1.54) is 5.56 Å². The van der Waals surface area contributed by atoms with E-state index in [-0.39, 0.29) is 0 Å². The summed E-state index contributed by atoms with van der Waals surface area (Å²) in [5.74, 6) is 0. The molecule has 2 rings (SSSR count). The first-order valence-electron chi connectivity index (χ1n) is 7.37. The lowest BCUT2D eigenvalue weighted by atomic mass is 9.81. The second kappa shape index (κ2) is 6.51. The summed E-state index contributed by atoms with van der Waals surface area (Å²) in [5, 5.41) is 10.2. The third-order valence-electron chi connectivity index (χ3n) is 4.42. The summed E-state index contributed by atoms with van der Waals surface area (Å²) in [6, 6.07) is 11.2. The van der Waals surface area contributed by atoms with E-state index in [4.69, 9.17) is 5.73 Å². The van der Waals surface area contributed by atoms with Crippen molar-refractivity contribution >= 4 is 0 Å². The molecule has 0 heterocycles. The molecule has 1 aliphatic rings. The Hall–Kier alpha value is -0.900. The minimum absolute atomic E-state index is 0.393. The summed E-state index contributed by atoms with van der Waals surface area (Å²) in [6.07, 6.45) is 3.77. The fraction of sp³-hybridized carbons (Fsp3) is 0.625. The fourth-order valence-corrected chi connectivity index (χ4v) is 3.03. The molecule has 1 saturated carbocycles. The van der Waals surface area contributed by atoms with Crippen LogP contribution in [0.3, 0.4) is 0 Å². The van der Waals surface area contributed by atoms with Crippen molar-refractivity contribution in [2.75, 3.05) is 13.1 Å². The minimum Gasteiger partial charge on any atom is -0.389 e. The van der Waals surface area contributed by atoms with Gasteiger partial charge < -0.3 is 10.8 Å². The molecule has 0 radical (unpaired) electrons. The number of benzene rings is 1. The molecule has 3 nitrogen and oxygen atoms in total. The highest BCUT2D eigenvalue weighted by atomic mass is 16.3. The number of rotatable bonds is 5. The van der Waals surface area contributed by atoms with Crippen molar-refractivity contribution in [3.8, 4) is 0 Å². The number of hydrogen-bond donors (Lipinski definition) is 2. The van der Waals surface area contributed by atoms with Gasteiger partial charge in [-0.3, -0.25) is 4.90 Å². The van der Waals surface area contributed by atoms with Gasteiger partial charge in [0.15, 0.2) is 0 Å². The zero-order valence-corrected chi connectivity index (χ0v) is 11.9. The van der Waals surface area contributed by atoms with Crippen LogP contribution >= 0.6 is 0 Å². The van der Waals surface area contributed by atoms with E-state index < -0.39 is 5.60 Å². The predicted octanol–water partition coefficient (Wildman–Crippen LogP) is 2.14. The molecule has 0 amide bonds. The second-order valence-electron chi connectivity index (χ2n) is 5.71. The number of hydrogen-bond acceptors (Lipinski definition) is 3. The van der Waals surface area contributed by atoms with Crippen LogP contribution < -0.4 is 5.73 Å². The molecule has 0 saturated heterocycles. The lowest BCUT2D eigenvalue weighted by Crippen LogP contribution is -2.46. The van der Waals surface area contributed by atoms with Gasteiger partial charge >= 0.3 is 0 Å². The first kappa shape index (κ1) is 14.5. The van der Waals surface area contributed by atoms with E-state index in [9.17, 15) is 5.11 Å². The number of aliphatic hydroxyl groups is 1. The molecule has 0 spiro atoms. The van der Waals surface area contributed by atoms with Crippen LogP contribution in [-0.4, -0.2) is 34.7 Å². The van der Waals surface area contributed by atoms with Crippen LogP contribution in [0.5, 0.6) is 0 Å². The summed E-state index contributed by atoms with van der Waals surface area (Å²) in [5.41, 5.74) is 6.41. The van der Waals surface area contributed by atoms with Crippen molar-refractivity contribution in [1.29, 1.82) is 0 Å². The fourth-order valence-electron chi connectivity index (χ4n) is 3.03. The number of nitrogens with zero attached hydrogens (tertiary/aromatic N) is 1. The van der Waals surface area contributed by atoms with Crippen molar-refractivity contribution in [1.82, 2.24) is 4.90 Å². The highest BCUT2D eigenvalue weighted by Gasteiger charge is 2.33. The van der Waals surface area contributed by atoms with E-state index in [0.29, 0.717) is 12.6 Å². The van der Waals surface area contributed by atoms with Crippen molar-refractivity contribution in [2.24, 2.45) is 5.73 Å². The Labute approximate surface area is 116 Å².